The van der Waals surface area contributed by atoms with Crippen LogP contribution in [0.1, 0.15) is 24.7 Å². The molecule has 13 heteroatoms. The zero-order valence-electron chi connectivity index (χ0n) is 15.9. The molecule has 0 saturated carbocycles. The minimum Gasteiger partial charge on any atom is -0.477 e. The third-order valence-corrected chi connectivity index (χ3v) is 5.87. The van der Waals surface area contributed by atoms with Gasteiger partial charge in [-0.05, 0) is 13.0 Å². The highest BCUT2D eigenvalue weighted by Gasteiger charge is 2.54. The van der Waals surface area contributed by atoms with Gasteiger partial charge in [-0.25, -0.2) is 13.6 Å². The number of fused-ring (bicyclic) bond motifs is 1. The summed E-state index contributed by atoms with van der Waals surface area (Å²) in [5.74, 6) is -2.96. The Morgan fingerprint density at radius 1 is 1.43 bits per heavy atom. The first-order valence-electron chi connectivity index (χ1n) is 8.75. The second-order valence-corrected chi connectivity index (χ2v) is 7.77. The number of ether oxygens (including phenoxy) is 1. The minimum atomic E-state index is -2.77. The number of carboxylic acids is 1. The third-order valence-electron chi connectivity index (χ3n) is 4.53. The summed E-state index contributed by atoms with van der Waals surface area (Å²) < 4.78 is 31.4. The van der Waals surface area contributed by atoms with Crippen molar-refractivity contribution < 1.29 is 37.8 Å². The Labute approximate surface area is 173 Å². The van der Waals surface area contributed by atoms with Crippen molar-refractivity contribution in [1.29, 1.82) is 0 Å². The molecule has 2 atom stereocenters. The van der Waals surface area contributed by atoms with Crippen LogP contribution in [0.2, 0.25) is 0 Å². The van der Waals surface area contributed by atoms with E-state index in [0.717, 1.165) is 9.58 Å². The average Bonchev–Trinajstić information content (AvgIpc) is 3.04. The van der Waals surface area contributed by atoms with E-state index in [9.17, 15) is 33.1 Å². The van der Waals surface area contributed by atoms with Gasteiger partial charge in [-0.2, -0.15) is 5.10 Å². The van der Waals surface area contributed by atoms with Crippen molar-refractivity contribution in [1.82, 2.24) is 20.0 Å². The SMILES string of the molecule is CC(=O)OCC1=C(C(=O)O)N2C(=O)[C@H](NC(=O)Cn3nc(C(F)F)cc3C)[C@@H]2SC1. The fourth-order valence-corrected chi connectivity index (χ4v) is 4.47. The Bertz CT molecular complexity index is 947. The van der Waals surface area contributed by atoms with Crippen molar-refractivity contribution >= 4 is 35.5 Å². The number of aryl methyl sites for hydroxylation is 1. The first kappa shape index (κ1) is 21.7. The molecule has 3 heterocycles. The van der Waals surface area contributed by atoms with Crippen molar-refractivity contribution in [3.05, 3.63) is 28.7 Å². The molecule has 1 aromatic rings. The Balaban J connectivity index is 1.68. The molecule has 0 bridgehead atoms. The van der Waals surface area contributed by atoms with E-state index in [2.05, 4.69) is 10.4 Å². The highest BCUT2D eigenvalue weighted by molar-refractivity contribution is 8.00. The Morgan fingerprint density at radius 3 is 2.70 bits per heavy atom. The minimum absolute atomic E-state index is 0.200. The molecule has 0 radical (unpaired) electrons. The summed E-state index contributed by atoms with van der Waals surface area (Å²) in [6, 6.07) is 0.206. The predicted octanol–water partition coefficient (Wildman–Crippen LogP) is 0.431. The van der Waals surface area contributed by atoms with Crippen molar-refractivity contribution in [2.75, 3.05) is 12.4 Å². The molecule has 30 heavy (non-hydrogen) atoms. The molecule has 0 aromatic carbocycles. The molecule has 2 N–H and O–H groups in total. The number of esters is 1. The van der Waals surface area contributed by atoms with E-state index in [4.69, 9.17) is 4.74 Å². The molecular weight excluding hydrogens is 426 g/mol. The number of nitrogens with one attached hydrogen (secondary N) is 1. The topological polar surface area (TPSA) is 131 Å². The van der Waals surface area contributed by atoms with Gasteiger partial charge in [0.1, 0.15) is 36.0 Å². The first-order valence-corrected chi connectivity index (χ1v) is 9.80. The second-order valence-electron chi connectivity index (χ2n) is 6.66. The van der Waals surface area contributed by atoms with Gasteiger partial charge >= 0.3 is 11.9 Å². The largest absolute Gasteiger partial charge is 0.477 e. The van der Waals surface area contributed by atoms with Gasteiger partial charge in [0.25, 0.3) is 12.3 Å². The molecular formula is C17H18F2N4O6S. The van der Waals surface area contributed by atoms with Crippen LogP contribution >= 0.6 is 11.8 Å². The number of rotatable bonds is 7. The number of nitrogens with zero attached hydrogens (tertiary/aromatic N) is 3. The maximum Gasteiger partial charge on any atom is 0.352 e. The van der Waals surface area contributed by atoms with Crippen LogP contribution in [0.4, 0.5) is 8.78 Å². The average molecular weight is 444 g/mol. The van der Waals surface area contributed by atoms with Crippen LogP contribution in [-0.2, 0) is 30.5 Å². The number of β-lactam (4-membered cyclic amide) rings is 1. The molecule has 0 unspecified atom stereocenters. The van der Waals surface area contributed by atoms with Crippen LogP contribution in [0, 0.1) is 6.92 Å². The van der Waals surface area contributed by atoms with E-state index >= 15 is 0 Å². The number of aliphatic carboxylic acids is 1. The summed E-state index contributed by atoms with van der Waals surface area (Å²) in [4.78, 5) is 48.5. The molecule has 2 aliphatic heterocycles. The molecule has 1 saturated heterocycles. The lowest BCUT2D eigenvalue weighted by Gasteiger charge is -2.49. The zero-order valence-corrected chi connectivity index (χ0v) is 16.7. The quantitative estimate of drug-likeness (QED) is 0.457. The van der Waals surface area contributed by atoms with Crippen molar-refractivity contribution in [3.63, 3.8) is 0 Å². The van der Waals surface area contributed by atoms with Crippen LogP contribution in [0.25, 0.3) is 0 Å². The molecule has 0 spiro atoms. The second kappa shape index (κ2) is 8.42. The molecule has 2 amide bonds. The van der Waals surface area contributed by atoms with Gasteiger partial charge in [-0.15, -0.1) is 11.8 Å². The van der Waals surface area contributed by atoms with E-state index in [1.165, 1.54) is 31.7 Å². The normalized spacial score (nSPS) is 20.7. The fraction of sp³-hybridized carbons (Fsp3) is 0.471. The number of halogens is 2. The van der Waals surface area contributed by atoms with Crippen molar-refractivity contribution in [2.45, 2.75) is 38.2 Å². The molecule has 162 valence electrons. The van der Waals surface area contributed by atoms with E-state index in [-0.39, 0.29) is 30.2 Å². The highest BCUT2D eigenvalue weighted by atomic mass is 32.2. The van der Waals surface area contributed by atoms with E-state index < -0.39 is 47.3 Å². The number of amides is 2. The van der Waals surface area contributed by atoms with Crippen molar-refractivity contribution in [2.24, 2.45) is 0 Å². The monoisotopic (exact) mass is 444 g/mol. The lowest BCUT2D eigenvalue weighted by Crippen LogP contribution is -2.70. The summed E-state index contributed by atoms with van der Waals surface area (Å²) >= 11 is 1.22. The van der Waals surface area contributed by atoms with Gasteiger partial charge in [0.05, 0.1) is 0 Å². The summed E-state index contributed by atoms with van der Waals surface area (Å²) in [7, 11) is 0. The van der Waals surface area contributed by atoms with Crippen LogP contribution in [0.3, 0.4) is 0 Å². The Hall–Kier alpha value is -2.96. The first-order chi connectivity index (χ1) is 14.1. The number of alkyl halides is 2. The number of carbonyl (C=O) groups excluding carboxylic acids is 3. The summed E-state index contributed by atoms with van der Waals surface area (Å²) in [6.07, 6.45) is -2.77. The maximum absolute atomic E-state index is 12.7. The van der Waals surface area contributed by atoms with Gasteiger partial charge in [0.15, 0.2) is 0 Å². The number of hydrogen-bond donors (Lipinski definition) is 2. The molecule has 2 aliphatic rings. The summed E-state index contributed by atoms with van der Waals surface area (Å²) in [5, 5.41) is 15.0. The van der Waals surface area contributed by atoms with Gasteiger partial charge in [-0.1, -0.05) is 0 Å². The third kappa shape index (κ3) is 4.15. The van der Waals surface area contributed by atoms with Crippen LogP contribution < -0.4 is 5.32 Å². The maximum atomic E-state index is 12.7. The summed E-state index contributed by atoms with van der Waals surface area (Å²) in [6.45, 7) is 2.10. The van der Waals surface area contributed by atoms with E-state index in [0.29, 0.717) is 5.69 Å². The van der Waals surface area contributed by atoms with E-state index in [1.807, 2.05) is 0 Å². The molecule has 1 aromatic heterocycles. The zero-order chi connectivity index (χ0) is 22.2. The predicted molar refractivity (Wildman–Crippen MR) is 98.2 cm³/mol. The van der Waals surface area contributed by atoms with E-state index in [1.54, 1.807) is 0 Å². The molecule has 1 fully saturated rings. The number of carboxylic acid groups (broad SMARTS) is 1. The molecule has 0 aliphatic carbocycles. The van der Waals surface area contributed by atoms with Crippen LogP contribution in [-0.4, -0.2) is 67.3 Å². The fourth-order valence-electron chi connectivity index (χ4n) is 3.14. The number of carbonyl (C=O) groups is 4. The van der Waals surface area contributed by atoms with Gasteiger partial charge in [0.2, 0.25) is 5.91 Å². The Kier molecular flexibility index (Phi) is 6.10. The van der Waals surface area contributed by atoms with Crippen LogP contribution in [0.15, 0.2) is 17.3 Å². The number of aromatic nitrogens is 2. The number of thioether (sulfide) groups is 1. The molecule has 10 nitrogen and oxygen atoms in total. The smallest absolute Gasteiger partial charge is 0.352 e. The molecule has 3 rings (SSSR count). The summed E-state index contributed by atoms with van der Waals surface area (Å²) in [5.41, 5.74) is -0.0744. The Morgan fingerprint density at radius 2 is 2.13 bits per heavy atom. The van der Waals surface area contributed by atoms with Gasteiger partial charge < -0.3 is 15.2 Å². The standard InChI is InChI=1S/C17H18F2N4O6S/c1-7-3-10(14(18)19)21-22(7)4-11(25)20-12-15(26)23-13(17(27)28)9(5-29-8(2)24)6-30-16(12)23/h3,12,14,16H,4-6H2,1-2H3,(H,20,25)(H,27,28)/t12-,16-/m0/s1. The van der Waals surface area contributed by atoms with Gasteiger partial charge in [0, 0.05) is 23.9 Å². The number of hydrogen-bond acceptors (Lipinski definition) is 7. The van der Waals surface area contributed by atoms with Crippen LogP contribution in [0.5, 0.6) is 0 Å². The van der Waals surface area contributed by atoms with Gasteiger partial charge in [-0.3, -0.25) is 24.0 Å². The lowest BCUT2D eigenvalue weighted by atomic mass is 10.0. The van der Waals surface area contributed by atoms with Crippen molar-refractivity contribution in [3.8, 4) is 0 Å². The highest BCUT2D eigenvalue weighted by Crippen LogP contribution is 2.40. The lowest BCUT2D eigenvalue weighted by molar-refractivity contribution is -0.151.